The van der Waals surface area contributed by atoms with E-state index in [1.807, 2.05) is 49.4 Å². The highest BCUT2D eigenvalue weighted by molar-refractivity contribution is 5.94. The molecule has 0 aliphatic carbocycles. The number of carbonyl (C=O) groups excluding carboxylic acids is 1. The molecule has 1 aromatic heterocycles. The van der Waals surface area contributed by atoms with Gasteiger partial charge in [-0.05, 0) is 35.4 Å². The molecule has 1 N–H and O–H groups in total. The van der Waals surface area contributed by atoms with Crippen molar-refractivity contribution in [3.63, 3.8) is 0 Å². The van der Waals surface area contributed by atoms with E-state index in [2.05, 4.69) is 15.5 Å². The van der Waals surface area contributed by atoms with Crippen LogP contribution in [0.5, 0.6) is 0 Å². The Hall–Kier alpha value is -3.54. The van der Waals surface area contributed by atoms with Crippen LogP contribution in [0.2, 0.25) is 0 Å². The number of amides is 1. The van der Waals surface area contributed by atoms with Crippen molar-refractivity contribution in [3.05, 3.63) is 84.0 Å². The van der Waals surface area contributed by atoms with Crippen LogP contribution in [0.15, 0.2) is 71.3 Å². The molecule has 1 amide bonds. The van der Waals surface area contributed by atoms with Gasteiger partial charge in [0.15, 0.2) is 0 Å². The van der Waals surface area contributed by atoms with Crippen LogP contribution in [-0.2, 0) is 11.2 Å². The topological polar surface area (TPSA) is 68.0 Å². The first kappa shape index (κ1) is 18.8. The van der Waals surface area contributed by atoms with E-state index < -0.39 is 0 Å². The van der Waals surface area contributed by atoms with E-state index in [9.17, 15) is 9.18 Å². The Bertz CT molecular complexity index is 1130. The van der Waals surface area contributed by atoms with Crippen LogP contribution in [0.4, 0.5) is 4.39 Å². The number of hydrogen-bond donors (Lipinski definition) is 1. The largest absolute Gasteiger partial charge is 0.350 e. The Balaban J connectivity index is 1.39. The minimum atomic E-state index is -0.300. The zero-order chi connectivity index (χ0) is 20.2. The number of fused-ring (bicyclic) bond motifs is 1. The van der Waals surface area contributed by atoms with Gasteiger partial charge in [0.25, 0.3) is 0 Å². The molecule has 0 aliphatic rings. The van der Waals surface area contributed by atoms with Gasteiger partial charge in [-0.15, -0.1) is 0 Å². The summed E-state index contributed by atoms with van der Waals surface area (Å²) >= 11 is 0. The molecular formula is C23H20FN3O2. The predicted octanol–water partition coefficient (Wildman–Crippen LogP) is 4.84. The standard InChI is InChI=1S/C23H20FN3O2/c1-15(16-9-11-18(24)12-10-16)25-21(28)13-14-22-26-23(27-29-22)20-8-4-6-17-5-2-3-7-19(17)20/h2-12,15H,13-14H2,1H3,(H,25,28)/t15-/m1/s1. The molecule has 1 atom stereocenters. The lowest BCUT2D eigenvalue weighted by Crippen LogP contribution is -2.26. The number of aromatic nitrogens is 2. The van der Waals surface area contributed by atoms with Crippen molar-refractivity contribution in [3.8, 4) is 11.4 Å². The van der Waals surface area contributed by atoms with Crippen LogP contribution in [0.25, 0.3) is 22.2 Å². The molecule has 0 bridgehead atoms. The number of nitrogens with zero attached hydrogens (tertiary/aromatic N) is 2. The summed E-state index contributed by atoms with van der Waals surface area (Å²) in [6.07, 6.45) is 0.572. The summed E-state index contributed by atoms with van der Waals surface area (Å²) in [5.41, 5.74) is 1.74. The first-order valence-corrected chi connectivity index (χ1v) is 9.46. The van der Waals surface area contributed by atoms with E-state index in [0.29, 0.717) is 18.1 Å². The highest BCUT2D eigenvalue weighted by Gasteiger charge is 2.14. The quantitative estimate of drug-likeness (QED) is 0.512. The Morgan fingerprint density at radius 1 is 1.07 bits per heavy atom. The third-order valence-electron chi connectivity index (χ3n) is 4.81. The minimum Gasteiger partial charge on any atom is -0.350 e. The molecule has 4 aromatic rings. The van der Waals surface area contributed by atoms with Crippen LogP contribution >= 0.6 is 0 Å². The normalized spacial score (nSPS) is 12.1. The average molecular weight is 389 g/mol. The third kappa shape index (κ3) is 4.32. The molecule has 0 fully saturated rings. The summed E-state index contributed by atoms with van der Waals surface area (Å²) < 4.78 is 18.4. The second-order valence-corrected chi connectivity index (χ2v) is 6.88. The molecule has 0 unspecified atom stereocenters. The molecule has 0 saturated heterocycles. The smallest absolute Gasteiger partial charge is 0.227 e. The molecule has 1 heterocycles. The van der Waals surface area contributed by atoms with Crippen molar-refractivity contribution in [2.75, 3.05) is 0 Å². The van der Waals surface area contributed by atoms with Gasteiger partial charge in [-0.25, -0.2) is 4.39 Å². The maximum atomic E-state index is 13.0. The Morgan fingerprint density at radius 3 is 2.66 bits per heavy atom. The lowest BCUT2D eigenvalue weighted by molar-refractivity contribution is -0.121. The summed E-state index contributed by atoms with van der Waals surface area (Å²) in [5.74, 6) is 0.492. The molecule has 6 heteroatoms. The van der Waals surface area contributed by atoms with Crippen molar-refractivity contribution < 1.29 is 13.7 Å². The summed E-state index contributed by atoms with van der Waals surface area (Å²) in [6, 6.07) is 19.8. The molecule has 3 aromatic carbocycles. The molecule has 146 valence electrons. The van der Waals surface area contributed by atoms with Crippen LogP contribution in [0, 0.1) is 5.82 Å². The summed E-state index contributed by atoms with van der Waals surface area (Å²) in [5, 5.41) is 9.13. The van der Waals surface area contributed by atoms with Gasteiger partial charge in [-0.2, -0.15) is 4.98 Å². The highest BCUT2D eigenvalue weighted by atomic mass is 19.1. The van der Waals surface area contributed by atoms with Gasteiger partial charge >= 0.3 is 0 Å². The van der Waals surface area contributed by atoms with Crippen molar-refractivity contribution >= 4 is 16.7 Å². The fourth-order valence-electron chi connectivity index (χ4n) is 3.26. The highest BCUT2D eigenvalue weighted by Crippen LogP contribution is 2.26. The van der Waals surface area contributed by atoms with E-state index >= 15 is 0 Å². The van der Waals surface area contributed by atoms with E-state index in [0.717, 1.165) is 21.9 Å². The fraction of sp³-hybridized carbons (Fsp3) is 0.174. The van der Waals surface area contributed by atoms with E-state index in [1.165, 1.54) is 12.1 Å². The molecule has 5 nitrogen and oxygen atoms in total. The number of aryl methyl sites for hydroxylation is 1. The van der Waals surface area contributed by atoms with Crippen molar-refractivity contribution in [1.29, 1.82) is 0 Å². The number of carbonyl (C=O) groups is 1. The van der Waals surface area contributed by atoms with Gasteiger partial charge in [-0.3, -0.25) is 4.79 Å². The third-order valence-corrected chi connectivity index (χ3v) is 4.81. The van der Waals surface area contributed by atoms with E-state index in [4.69, 9.17) is 4.52 Å². The van der Waals surface area contributed by atoms with Crippen LogP contribution in [0.1, 0.15) is 30.8 Å². The Morgan fingerprint density at radius 2 is 1.83 bits per heavy atom. The molecule has 0 saturated carbocycles. The van der Waals surface area contributed by atoms with E-state index in [-0.39, 0.29) is 24.2 Å². The first-order chi connectivity index (χ1) is 14.1. The second-order valence-electron chi connectivity index (χ2n) is 6.88. The van der Waals surface area contributed by atoms with Crippen LogP contribution in [-0.4, -0.2) is 16.0 Å². The number of benzene rings is 3. The number of halogens is 1. The number of rotatable bonds is 6. The Kier molecular flexibility index (Phi) is 5.33. The van der Waals surface area contributed by atoms with Gasteiger partial charge in [0.2, 0.25) is 17.6 Å². The molecule has 0 radical (unpaired) electrons. The summed E-state index contributed by atoms with van der Waals surface area (Å²) in [4.78, 5) is 16.7. The van der Waals surface area contributed by atoms with E-state index in [1.54, 1.807) is 12.1 Å². The van der Waals surface area contributed by atoms with Gasteiger partial charge in [0, 0.05) is 18.4 Å². The summed E-state index contributed by atoms with van der Waals surface area (Å²) in [7, 11) is 0. The zero-order valence-corrected chi connectivity index (χ0v) is 15.9. The molecule has 4 rings (SSSR count). The Labute approximate surface area is 167 Å². The maximum Gasteiger partial charge on any atom is 0.227 e. The molecular weight excluding hydrogens is 369 g/mol. The predicted molar refractivity (Wildman–Crippen MR) is 109 cm³/mol. The van der Waals surface area contributed by atoms with Crippen molar-refractivity contribution in [1.82, 2.24) is 15.5 Å². The van der Waals surface area contributed by atoms with Gasteiger partial charge < -0.3 is 9.84 Å². The zero-order valence-electron chi connectivity index (χ0n) is 15.9. The number of nitrogens with one attached hydrogen (secondary N) is 1. The first-order valence-electron chi connectivity index (χ1n) is 9.46. The molecule has 29 heavy (non-hydrogen) atoms. The van der Waals surface area contributed by atoms with Crippen LogP contribution < -0.4 is 5.32 Å². The van der Waals surface area contributed by atoms with Gasteiger partial charge in [-0.1, -0.05) is 59.8 Å². The van der Waals surface area contributed by atoms with Gasteiger partial charge in [0.1, 0.15) is 5.82 Å². The molecule has 0 spiro atoms. The summed E-state index contributed by atoms with van der Waals surface area (Å²) in [6.45, 7) is 1.86. The molecule has 0 aliphatic heterocycles. The maximum absolute atomic E-state index is 13.0. The van der Waals surface area contributed by atoms with Crippen LogP contribution in [0.3, 0.4) is 0 Å². The average Bonchev–Trinajstić information content (AvgIpc) is 3.21. The SMILES string of the molecule is C[C@@H](NC(=O)CCc1nc(-c2cccc3ccccc23)no1)c1ccc(F)cc1. The lowest BCUT2D eigenvalue weighted by Gasteiger charge is -2.13. The second kappa shape index (κ2) is 8.22. The lowest BCUT2D eigenvalue weighted by atomic mass is 10.0. The minimum absolute atomic E-state index is 0.133. The monoisotopic (exact) mass is 389 g/mol. The number of hydrogen-bond acceptors (Lipinski definition) is 4. The van der Waals surface area contributed by atoms with Crippen molar-refractivity contribution in [2.45, 2.75) is 25.8 Å². The van der Waals surface area contributed by atoms with Crippen molar-refractivity contribution in [2.24, 2.45) is 0 Å². The fourth-order valence-corrected chi connectivity index (χ4v) is 3.26. The van der Waals surface area contributed by atoms with Gasteiger partial charge in [0.05, 0.1) is 6.04 Å².